The van der Waals surface area contributed by atoms with E-state index in [1.54, 1.807) is 6.20 Å². The van der Waals surface area contributed by atoms with Crippen molar-refractivity contribution in [1.29, 1.82) is 0 Å². The second kappa shape index (κ2) is 5.79. The van der Waals surface area contributed by atoms with Crippen molar-refractivity contribution in [3.8, 4) is 0 Å². The van der Waals surface area contributed by atoms with Gasteiger partial charge in [0.25, 0.3) is 0 Å². The highest BCUT2D eigenvalue weighted by molar-refractivity contribution is 5.79. The van der Waals surface area contributed by atoms with Gasteiger partial charge in [-0.15, -0.1) is 0 Å². The average Bonchev–Trinajstić information content (AvgIpc) is 3.02. The zero-order chi connectivity index (χ0) is 13.8. The molecule has 0 aliphatic heterocycles. The number of fused-ring (bicyclic) bond motifs is 1. The minimum absolute atomic E-state index is 0.0418. The highest BCUT2D eigenvalue weighted by Gasteiger charge is 2.16. The standard InChI is InChI=1S/C15H17N5/c1-2-7-17-15(14-10-18-20-19-14)12-6-5-11-4-3-8-16-13(11)9-12/h3-6,8-10,15,17H,2,7H2,1H3,(H,18,19,20). The Bertz CT molecular complexity index is 678. The van der Waals surface area contributed by atoms with E-state index in [1.807, 2.05) is 12.3 Å². The predicted octanol–water partition coefficient (Wildman–Crippen LogP) is 2.44. The van der Waals surface area contributed by atoms with Crippen molar-refractivity contribution in [3.05, 3.63) is 54.0 Å². The van der Waals surface area contributed by atoms with E-state index in [4.69, 9.17) is 0 Å². The number of pyridine rings is 1. The first-order valence-electron chi connectivity index (χ1n) is 6.82. The second-order valence-electron chi connectivity index (χ2n) is 4.74. The molecular weight excluding hydrogens is 250 g/mol. The third kappa shape index (κ3) is 2.53. The first-order valence-corrected chi connectivity index (χ1v) is 6.82. The summed E-state index contributed by atoms with van der Waals surface area (Å²) in [7, 11) is 0. The van der Waals surface area contributed by atoms with Gasteiger partial charge in [0.1, 0.15) is 5.69 Å². The van der Waals surface area contributed by atoms with Crippen LogP contribution >= 0.6 is 0 Å². The minimum Gasteiger partial charge on any atom is -0.305 e. The Morgan fingerprint density at radius 1 is 1.30 bits per heavy atom. The summed E-state index contributed by atoms with van der Waals surface area (Å²) in [4.78, 5) is 4.41. The summed E-state index contributed by atoms with van der Waals surface area (Å²) in [5.74, 6) is 0. The molecule has 2 heterocycles. The highest BCUT2D eigenvalue weighted by Crippen LogP contribution is 2.23. The normalized spacial score (nSPS) is 12.7. The van der Waals surface area contributed by atoms with E-state index in [-0.39, 0.29) is 6.04 Å². The Kier molecular flexibility index (Phi) is 3.69. The minimum atomic E-state index is 0.0418. The van der Waals surface area contributed by atoms with E-state index in [2.05, 4.69) is 56.9 Å². The molecule has 2 N–H and O–H groups in total. The van der Waals surface area contributed by atoms with E-state index in [9.17, 15) is 0 Å². The number of aromatic amines is 1. The average molecular weight is 267 g/mol. The lowest BCUT2D eigenvalue weighted by atomic mass is 10.0. The third-order valence-electron chi connectivity index (χ3n) is 3.29. The van der Waals surface area contributed by atoms with E-state index in [1.165, 1.54) is 0 Å². The van der Waals surface area contributed by atoms with E-state index >= 15 is 0 Å². The SMILES string of the molecule is CCCNC(c1ccc2cccnc2c1)c1cn[nH]n1. The van der Waals surface area contributed by atoms with Gasteiger partial charge >= 0.3 is 0 Å². The highest BCUT2D eigenvalue weighted by atomic mass is 15.3. The summed E-state index contributed by atoms with van der Waals surface area (Å²) in [5.41, 5.74) is 3.05. The molecule has 0 spiro atoms. The van der Waals surface area contributed by atoms with Crippen molar-refractivity contribution < 1.29 is 0 Å². The molecular formula is C15H17N5. The van der Waals surface area contributed by atoms with Crippen molar-refractivity contribution in [2.45, 2.75) is 19.4 Å². The molecule has 2 aromatic heterocycles. The number of benzene rings is 1. The summed E-state index contributed by atoms with van der Waals surface area (Å²) >= 11 is 0. The Balaban J connectivity index is 1.99. The fraction of sp³-hybridized carbons (Fsp3) is 0.267. The van der Waals surface area contributed by atoms with Gasteiger partial charge in [-0.05, 0) is 30.7 Å². The number of nitrogens with one attached hydrogen (secondary N) is 2. The van der Waals surface area contributed by atoms with Crippen LogP contribution in [0.4, 0.5) is 0 Å². The molecule has 0 bridgehead atoms. The van der Waals surface area contributed by atoms with Crippen LogP contribution in [0, 0.1) is 0 Å². The molecule has 1 aromatic carbocycles. The topological polar surface area (TPSA) is 66.5 Å². The van der Waals surface area contributed by atoms with Crippen LogP contribution in [0.1, 0.15) is 30.6 Å². The molecule has 0 saturated carbocycles. The maximum Gasteiger partial charge on any atom is 0.104 e. The fourth-order valence-electron chi connectivity index (χ4n) is 2.29. The molecule has 0 aliphatic rings. The first-order chi connectivity index (χ1) is 9.88. The Labute approximate surface area is 117 Å². The van der Waals surface area contributed by atoms with Crippen molar-refractivity contribution in [3.63, 3.8) is 0 Å². The van der Waals surface area contributed by atoms with E-state index in [0.29, 0.717) is 0 Å². The summed E-state index contributed by atoms with van der Waals surface area (Å²) in [6, 6.07) is 10.4. The van der Waals surface area contributed by atoms with Gasteiger partial charge in [-0.2, -0.15) is 15.4 Å². The maximum atomic E-state index is 4.41. The largest absolute Gasteiger partial charge is 0.305 e. The Morgan fingerprint density at radius 3 is 3.05 bits per heavy atom. The van der Waals surface area contributed by atoms with Gasteiger partial charge in [-0.1, -0.05) is 25.1 Å². The Hall–Kier alpha value is -2.27. The molecule has 20 heavy (non-hydrogen) atoms. The van der Waals surface area contributed by atoms with Crippen LogP contribution in [0.25, 0.3) is 10.9 Å². The van der Waals surface area contributed by atoms with Crippen molar-refractivity contribution >= 4 is 10.9 Å². The zero-order valence-electron chi connectivity index (χ0n) is 11.4. The lowest BCUT2D eigenvalue weighted by molar-refractivity contribution is 0.585. The van der Waals surface area contributed by atoms with E-state index < -0.39 is 0 Å². The summed E-state index contributed by atoms with van der Waals surface area (Å²) in [6.07, 6.45) is 4.65. The molecule has 3 aromatic rings. The molecule has 0 amide bonds. The van der Waals surface area contributed by atoms with Crippen LogP contribution in [0.5, 0.6) is 0 Å². The molecule has 0 saturated heterocycles. The van der Waals surface area contributed by atoms with Gasteiger partial charge in [-0.3, -0.25) is 4.98 Å². The number of nitrogens with zero attached hydrogens (tertiary/aromatic N) is 3. The van der Waals surface area contributed by atoms with Gasteiger partial charge in [0.15, 0.2) is 0 Å². The molecule has 102 valence electrons. The number of hydrogen-bond acceptors (Lipinski definition) is 4. The smallest absolute Gasteiger partial charge is 0.104 e. The molecule has 1 unspecified atom stereocenters. The summed E-state index contributed by atoms with van der Waals surface area (Å²) in [6.45, 7) is 3.08. The molecule has 0 aliphatic carbocycles. The molecule has 0 fully saturated rings. The zero-order valence-corrected chi connectivity index (χ0v) is 11.4. The van der Waals surface area contributed by atoms with Crippen LogP contribution in [0.15, 0.2) is 42.7 Å². The van der Waals surface area contributed by atoms with Gasteiger partial charge in [0, 0.05) is 11.6 Å². The fourth-order valence-corrected chi connectivity index (χ4v) is 2.29. The lowest BCUT2D eigenvalue weighted by Crippen LogP contribution is -2.23. The number of aromatic nitrogens is 4. The van der Waals surface area contributed by atoms with Gasteiger partial charge in [0.05, 0.1) is 17.8 Å². The van der Waals surface area contributed by atoms with Gasteiger partial charge < -0.3 is 5.32 Å². The van der Waals surface area contributed by atoms with Gasteiger partial charge in [-0.25, -0.2) is 0 Å². The van der Waals surface area contributed by atoms with Crippen molar-refractivity contribution in [2.75, 3.05) is 6.54 Å². The van der Waals surface area contributed by atoms with Crippen LogP contribution in [0.3, 0.4) is 0 Å². The molecule has 5 heteroatoms. The third-order valence-corrected chi connectivity index (χ3v) is 3.29. The maximum absolute atomic E-state index is 4.41. The summed E-state index contributed by atoms with van der Waals surface area (Å²) < 4.78 is 0. The van der Waals surface area contributed by atoms with Crippen LogP contribution < -0.4 is 5.32 Å². The first kappa shape index (κ1) is 12.7. The van der Waals surface area contributed by atoms with E-state index in [0.717, 1.165) is 35.1 Å². The number of rotatable bonds is 5. The Morgan fingerprint density at radius 2 is 2.25 bits per heavy atom. The number of hydrogen-bond donors (Lipinski definition) is 2. The van der Waals surface area contributed by atoms with Crippen molar-refractivity contribution in [2.24, 2.45) is 0 Å². The molecule has 0 radical (unpaired) electrons. The number of H-pyrrole nitrogens is 1. The van der Waals surface area contributed by atoms with Crippen molar-refractivity contribution in [1.82, 2.24) is 25.7 Å². The van der Waals surface area contributed by atoms with Crippen LogP contribution in [-0.2, 0) is 0 Å². The molecule has 1 atom stereocenters. The molecule has 5 nitrogen and oxygen atoms in total. The predicted molar refractivity (Wildman–Crippen MR) is 78.3 cm³/mol. The quantitative estimate of drug-likeness (QED) is 0.745. The van der Waals surface area contributed by atoms with Crippen LogP contribution in [-0.4, -0.2) is 26.9 Å². The summed E-state index contributed by atoms with van der Waals surface area (Å²) in [5, 5.41) is 15.4. The van der Waals surface area contributed by atoms with Gasteiger partial charge in [0.2, 0.25) is 0 Å². The van der Waals surface area contributed by atoms with Crippen LogP contribution in [0.2, 0.25) is 0 Å². The molecule has 3 rings (SSSR count). The lowest BCUT2D eigenvalue weighted by Gasteiger charge is -2.16. The second-order valence-corrected chi connectivity index (χ2v) is 4.74. The monoisotopic (exact) mass is 267 g/mol.